The number of para-hydroxylation sites is 1. The fraction of sp³-hybridized carbons (Fsp3) is 0.125. The Morgan fingerprint density at radius 3 is 2.67 bits per heavy atom. The van der Waals surface area contributed by atoms with Crippen LogP contribution in [-0.2, 0) is 0 Å². The maximum atomic E-state index is 13.4. The molecule has 0 amide bonds. The van der Waals surface area contributed by atoms with Crippen molar-refractivity contribution >= 4 is 21.8 Å². The van der Waals surface area contributed by atoms with Gasteiger partial charge in [-0.15, -0.1) is 0 Å². The van der Waals surface area contributed by atoms with Crippen molar-refractivity contribution in [3.05, 3.63) is 95.4 Å². The van der Waals surface area contributed by atoms with Gasteiger partial charge in [-0.3, -0.25) is 19.7 Å². The Hall–Kier alpha value is -3.93. The van der Waals surface area contributed by atoms with Crippen molar-refractivity contribution in [3.63, 3.8) is 0 Å². The summed E-state index contributed by atoms with van der Waals surface area (Å²) in [7, 11) is 0. The summed E-state index contributed by atoms with van der Waals surface area (Å²) in [5.41, 5.74) is 4.27. The molecule has 1 aromatic carbocycles. The smallest absolute Gasteiger partial charge is 0.267 e. The normalized spacial score (nSPS) is 18.0. The number of pyridine rings is 3. The third-order valence-corrected chi connectivity index (χ3v) is 5.77. The highest BCUT2D eigenvalue weighted by molar-refractivity contribution is 5.93. The van der Waals surface area contributed by atoms with Gasteiger partial charge in [0.25, 0.3) is 5.56 Å². The van der Waals surface area contributed by atoms with Gasteiger partial charge in [0.1, 0.15) is 0 Å². The summed E-state index contributed by atoms with van der Waals surface area (Å²) >= 11 is 0. The number of rotatable bonds is 3. The zero-order valence-electron chi connectivity index (χ0n) is 16.0. The van der Waals surface area contributed by atoms with Crippen LogP contribution in [0, 0.1) is 0 Å². The number of benzene rings is 1. The molecule has 0 saturated heterocycles. The lowest BCUT2D eigenvalue weighted by atomic mass is 10.0. The lowest BCUT2D eigenvalue weighted by Crippen LogP contribution is -2.23. The molecule has 1 saturated carbocycles. The molecular weight excluding hydrogens is 374 g/mol. The fourth-order valence-electron chi connectivity index (χ4n) is 4.15. The first-order valence-electron chi connectivity index (χ1n) is 9.92. The van der Waals surface area contributed by atoms with Crippen LogP contribution in [0.2, 0.25) is 0 Å². The highest BCUT2D eigenvalue weighted by Crippen LogP contribution is 2.50. The van der Waals surface area contributed by atoms with E-state index in [2.05, 4.69) is 33.3 Å². The zero-order chi connectivity index (χ0) is 20.1. The van der Waals surface area contributed by atoms with Gasteiger partial charge in [-0.1, -0.05) is 24.3 Å². The van der Waals surface area contributed by atoms with Crippen LogP contribution in [-0.4, -0.2) is 24.7 Å². The van der Waals surface area contributed by atoms with Gasteiger partial charge in [0.05, 0.1) is 28.7 Å². The van der Waals surface area contributed by atoms with Crippen molar-refractivity contribution in [2.45, 2.75) is 18.4 Å². The second-order valence-corrected chi connectivity index (χ2v) is 7.59. The zero-order valence-corrected chi connectivity index (χ0v) is 16.0. The number of aromatic nitrogens is 5. The van der Waals surface area contributed by atoms with E-state index >= 15 is 0 Å². The molecule has 0 bridgehead atoms. The second-order valence-electron chi connectivity index (χ2n) is 7.59. The van der Waals surface area contributed by atoms with E-state index in [9.17, 15) is 4.79 Å². The molecule has 0 spiro atoms. The van der Waals surface area contributed by atoms with E-state index in [1.54, 1.807) is 29.5 Å². The van der Waals surface area contributed by atoms with Crippen LogP contribution in [0.25, 0.3) is 32.9 Å². The molecule has 6 nitrogen and oxygen atoms in total. The minimum atomic E-state index is -0.110. The van der Waals surface area contributed by atoms with Crippen molar-refractivity contribution in [2.24, 2.45) is 0 Å². The maximum absolute atomic E-state index is 13.4. The lowest BCUT2D eigenvalue weighted by Gasteiger charge is -2.09. The summed E-state index contributed by atoms with van der Waals surface area (Å²) in [6.07, 6.45) is 7.70. The van der Waals surface area contributed by atoms with Crippen molar-refractivity contribution in [3.8, 4) is 11.1 Å². The summed E-state index contributed by atoms with van der Waals surface area (Å²) in [5, 5.41) is 6.15. The molecule has 0 N–H and O–H groups in total. The van der Waals surface area contributed by atoms with Crippen LogP contribution in [0.4, 0.5) is 0 Å². The van der Waals surface area contributed by atoms with E-state index in [0.29, 0.717) is 10.9 Å². The number of hydrogen-bond donors (Lipinski definition) is 0. The molecule has 0 aliphatic heterocycles. The summed E-state index contributed by atoms with van der Waals surface area (Å²) in [5.74, 6) is 0.193. The van der Waals surface area contributed by atoms with Gasteiger partial charge >= 0.3 is 0 Å². The van der Waals surface area contributed by atoms with E-state index in [-0.39, 0.29) is 17.5 Å². The largest absolute Gasteiger partial charge is 0.277 e. The first-order chi connectivity index (χ1) is 14.8. The second kappa shape index (κ2) is 6.56. The lowest BCUT2D eigenvalue weighted by molar-refractivity contribution is 0.589. The Kier molecular flexibility index (Phi) is 3.71. The van der Waals surface area contributed by atoms with Gasteiger partial charge < -0.3 is 0 Å². The Labute approximate surface area is 171 Å². The third-order valence-electron chi connectivity index (χ3n) is 5.77. The molecule has 1 aliphatic rings. The van der Waals surface area contributed by atoms with Gasteiger partial charge in [0.15, 0.2) is 0 Å². The Morgan fingerprint density at radius 1 is 0.900 bits per heavy atom. The molecule has 5 aromatic rings. The molecule has 30 heavy (non-hydrogen) atoms. The fourth-order valence-corrected chi connectivity index (χ4v) is 4.15. The minimum absolute atomic E-state index is 0.0149. The van der Waals surface area contributed by atoms with Gasteiger partial charge in [0, 0.05) is 35.6 Å². The van der Waals surface area contributed by atoms with E-state index < -0.39 is 0 Å². The highest BCUT2D eigenvalue weighted by atomic mass is 16.1. The molecule has 4 heterocycles. The van der Waals surface area contributed by atoms with Crippen molar-refractivity contribution in [1.82, 2.24) is 24.7 Å². The molecule has 1 fully saturated rings. The standard InChI is InChI=1S/C24H17N5O/c30-24-23-17(15-7-10-25-11-8-15)9-12-26-21(23)14-27-29(24)22-13-18(22)20-6-5-16-3-1-2-4-19(16)28-20/h1-12,14,18,22H,13H2/t18-,22+/m0/s1. The summed E-state index contributed by atoms with van der Waals surface area (Å²) in [6.45, 7) is 0. The predicted molar refractivity (Wildman–Crippen MR) is 115 cm³/mol. The van der Waals surface area contributed by atoms with Crippen molar-refractivity contribution in [1.29, 1.82) is 0 Å². The SMILES string of the molecule is O=c1c2c(-c3ccncc3)ccnc2cnn1[C@@H]1C[C@H]1c1ccc2ccccc2n1. The van der Waals surface area contributed by atoms with Gasteiger partial charge in [-0.2, -0.15) is 5.10 Å². The molecule has 6 heteroatoms. The molecule has 4 aromatic heterocycles. The Bertz CT molecular complexity index is 1460. The molecule has 0 unspecified atom stereocenters. The highest BCUT2D eigenvalue weighted by Gasteiger charge is 2.43. The molecule has 1 aliphatic carbocycles. The van der Waals surface area contributed by atoms with E-state index in [4.69, 9.17) is 4.98 Å². The van der Waals surface area contributed by atoms with Gasteiger partial charge in [-0.25, -0.2) is 4.68 Å². The van der Waals surface area contributed by atoms with Crippen LogP contribution in [0.5, 0.6) is 0 Å². The van der Waals surface area contributed by atoms with Crippen LogP contribution >= 0.6 is 0 Å². The van der Waals surface area contributed by atoms with E-state index in [1.807, 2.05) is 36.4 Å². The maximum Gasteiger partial charge on any atom is 0.277 e. The number of nitrogens with zero attached hydrogens (tertiary/aromatic N) is 5. The average Bonchev–Trinajstić information content (AvgIpc) is 3.60. The summed E-state index contributed by atoms with van der Waals surface area (Å²) in [6, 6.07) is 17.9. The summed E-state index contributed by atoms with van der Waals surface area (Å²) < 4.78 is 1.61. The molecular formula is C24H17N5O. The average molecular weight is 391 g/mol. The minimum Gasteiger partial charge on any atom is -0.267 e. The van der Waals surface area contributed by atoms with Gasteiger partial charge in [-0.05, 0) is 47.9 Å². The monoisotopic (exact) mass is 391 g/mol. The van der Waals surface area contributed by atoms with E-state index in [1.165, 1.54) is 0 Å². The van der Waals surface area contributed by atoms with Crippen LogP contribution in [0.15, 0.2) is 84.2 Å². The van der Waals surface area contributed by atoms with Crippen LogP contribution in [0.3, 0.4) is 0 Å². The molecule has 144 valence electrons. The first-order valence-corrected chi connectivity index (χ1v) is 9.92. The topological polar surface area (TPSA) is 73.6 Å². The third kappa shape index (κ3) is 2.69. The van der Waals surface area contributed by atoms with E-state index in [0.717, 1.165) is 34.1 Å². The summed E-state index contributed by atoms with van der Waals surface area (Å²) in [4.78, 5) is 26.7. The Morgan fingerprint density at radius 2 is 1.77 bits per heavy atom. The first kappa shape index (κ1) is 17.0. The molecule has 2 atom stereocenters. The van der Waals surface area contributed by atoms with Crippen LogP contribution in [0.1, 0.15) is 24.1 Å². The number of hydrogen-bond acceptors (Lipinski definition) is 5. The van der Waals surface area contributed by atoms with Gasteiger partial charge in [0.2, 0.25) is 0 Å². The predicted octanol–water partition coefficient (Wildman–Crippen LogP) is 4.13. The number of fused-ring (bicyclic) bond motifs is 2. The molecule has 6 rings (SSSR count). The van der Waals surface area contributed by atoms with Crippen molar-refractivity contribution in [2.75, 3.05) is 0 Å². The van der Waals surface area contributed by atoms with Crippen molar-refractivity contribution < 1.29 is 0 Å². The molecule has 0 radical (unpaired) electrons. The van der Waals surface area contributed by atoms with Crippen LogP contribution < -0.4 is 5.56 Å². The quantitative estimate of drug-likeness (QED) is 0.462. The Balaban J connectivity index is 1.43.